The molecule has 0 saturated carbocycles. The van der Waals surface area contributed by atoms with E-state index in [1.165, 1.54) is 6.07 Å². The van der Waals surface area contributed by atoms with Crippen LogP contribution in [0.15, 0.2) is 42.5 Å². The number of anilines is 3. The van der Waals surface area contributed by atoms with E-state index < -0.39 is 6.04 Å². The van der Waals surface area contributed by atoms with E-state index in [4.69, 9.17) is 9.47 Å². The SMILES string of the molecule is CCOc1ccc(NC(=O)C(C)Nc2ccc(N3CC(C)OC(C)C3)c(F)c2)cc1. The normalized spacial score (nSPS) is 19.8. The van der Waals surface area contributed by atoms with Crippen LogP contribution < -0.4 is 20.3 Å². The first-order valence-corrected chi connectivity index (χ1v) is 10.4. The molecule has 30 heavy (non-hydrogen) atoms. The summed E-state index contributed by atoms with van der Waals surface area (Å²) in [6.07, 6.45) is 0.106. The van der Waals surface area contributed by atoms with Gasteiger partial charge in [0.2, 0.25) is 5.91 Å². The number of benzene rings is 2. The Balaban J connectivity index is 1.60. The third kappa shape index (κ3) is 5.63. The van der Waals surface area contributed by atoms with Crippen molar-refractivity contribution < 1.29 is 18.7 Å². The van der Waals surface area contributed by atoms with E-state index in [1.807, 2.05) is 25.7 Å². The number of rotatable bonds is 7. The molecule has 1 amide bonds. The fourth-order valence-electron chi connectivity index (χ4n) is 3.59. The van der Waals surface area contributed by atoms with Crippen LogP contribution in [-0.4, -0.2) is 43.9 Å². The highest BCUT2D eigenvalue weighted by atomic mass is 19.1. The fraction of sp³-hybridized carbons (Fsp3) is 0.435. The van der Waals surface area contributed by atoms with E-state index in [0.717, 1.165) is 5.75 Å². The maximum absolute atomic E-state index is 14.8. The van der Waals surface area contributed by atoms with E-state index in [-0.39, 0.29) is 23.9 Å². The molecule has 2 aromatic carbocycles. The summed E-state index contributed by atoms with van der Waals surface area (Å²) in [5.74, 6) is 0.223. The molecule has 0 radical (unpaired) electrons. The lowest BCUT2D eigenvalue weighted by molar-refractivity contribution is -0.116. The molecular weight excluding hydrogens is 385 g/mol. The molecule has 1 fully saturated rings. The fourth-order valence-corrected chi connectivity index (χ4v) is 3.59. The van der Waals surface area contributed by atoms with Crippen LogP contribution in [0.3, 0.4) is 0 Å². The van der Waals surface area contributed by atoms with Gasteiger partial charge in [-0.1, -0.05) is 0 Å². The Morgan fingerprint density at radius 2 is 1.80 bits per heavy atom. The minimum atomic E-state index is -0.537. The molecule has 0 aromatic heterocycles. The maximum Gasteiger partial charge on any atom is 0.246 e. The highest BCUT2D eigenvalue weighted by Crippen LogP contribution is 2.26. The van der Waals surface area contributed by atoms with Crippen LogP contribution >= 0.6 is 0 Å². The first-order chi connectivity index (χ1) is 14.4. The van der Waals surface area contributed by atoms with Gasteiger partial charge in [-0.05, 0) is 70.2 Å². The van der Waals surface area contributed by atoms with Crippen molar-refractivity contribution in [1.82, 2.24) is 0 Å². The molecule has 2 aromatic rings. The van der Waals surface area contributed by atoms with Crippen molar-refractivity contribution in [2.75, 3.05) is 35.2 Å². The van der Waals surface area contributed by atoms with Crippen LogP contribution in [0.2, 0.25) is 0 Å². The van der Waals surface area contributed by atoms with Gasteiger partial charge in [-0.15, -0.1) is 0 Å². The second kappa shape index (κ2) is 9.80. The molecule has 3 atom stereocenters. The Hall–Kier alpha value is -2.80. The van der Waals surface area contributed by atoms with Gasteiger partial charge in [0.25, 0.3) is 0 Å². The number of nitrogens with one attached hydrogen (secondary N) is 2. The topological polar surface area (TPSA) is 62.8 Å². The third-order valence-electron chi connectivity index (χ3n) is 4.92. The summed E-state index contributed by atoms with van der Waals surface area (Å²) in [6, 6.07) is 11.6. The minimum Gasteiger partial charge on any atom is -0.494 e. The number of ether oxygens (including phenoxy) is 2. The number of nitrogens with zero attached hydrogens (tertiary/aromatic N) is 1. The van der Waals surface area contributed by atoms with Crippen molar-refractivity contribution >= 4 is 23.0 Å². The van der Waals surface area contributed by atoms with E-state index >= 15 is 0 Å². The van der Waals surface area contributed by atoms with Gasteiger partial charge < -0.3 is 25.0 Å². The number of carbonyl (C=O) groups excluding carboxylic acids is 1. The number of carbonyl (C=O) groups is 1. The van der Waals surface area contributed by atoms with Gasteiger partial charge in [-0.25, -0.2) is 4.39 Å². The lowest BCUT2D eigenvalue weighted by Gasteiger charge is -2.37. The van der Waals surface area contributed by atoms with Gasteiger partial charge in [0.1, 0.15) is 17.6 Å². The molecule has 0 aliphatic carbocycles. The average Bonchev–Trinajstić information content (AvgIpc) is 2.69. The van der Waals surface area contributed by atoms with E-state index in [0.29, 0.717) is 36.8 Å². The van der Waals surface area contributed by atoms with Crippen LogP contribution in [-0.2, 0) is 9.53 Å². The summed E-state index contributed by atoms with van der Waals surface area (Å²) in [5.41, 5.74) is 1.78. The predicted octanol–water partition coefficient (Wildman–Crippen LogP) is 4.28. The quantitative estimate of drug-likeness (QED) is 0.707. The van der Waals surface area contributed by atoms with Crippen molar-refractivity contribution in [1.29, 1.82) is 0 Å². The van der Waals surface area contributed by atoms with E-state index in [2.05, 4.69) is 10.6 Å². The number of hydrogen-bond acceptors (Lipinski definition) is 5. The molecule has 1 heterocycles. The Labute approximate surface area is 177 Å². The third-order valence-corrected chi connectivity index (χ3v) is 4.92. The van der Waals surface area contributed by atoms with E-state index in [9.17, 15) is 9.18 Å². The lowest BCUT2D eigenvalue weighted by atomic mass is 10.1. The van der Waals surface area contributed by atoms with Gasteiger partial charge in [-0.2, -0.15) is 0 Å². The van der Waals surface area contributed by atoms with Crippen LogP contribution in [0.1, 0.15) is 27.7 Å². The Kier molecular flexibility index (Phi) is 7.15. The molecule has 1 saturated heterocycles. The molecule has 1 aliphatic heterocycles. The molecule has 162 valence electrons. The second-order valence-corrected chi connectivity index (χ2v) is 7.64. The zero-order chi connectivity index (χ0) is 21.7. The summed E-state index contributed by atoms with van der Waals surface area (Å²) in [6.45, 7) is 9.51. The van der Waals surface area contributed by atoms with Crippen molar-refractivity contribution in [3.8, 4) is 5.75 Å². The summed E-state index contributed by atoms with van der Waals surface area (Å²) < 4.78 is 25.9. The maximum atomic E-state index is 14.8. The Morgan fingerprint density at radius 1 is 1.17 bits per heavy atom. The van der Waals surface area contributed by atoms with Crippen LogP contribution in [0.4, 0.5) is 21.5 Å². The minimum absolute atomic E-state index is 0.0530. The summed E-state index contributed by atoms with van der Waals surface area (Å²) in [4.78, 5) is 14.5. The largest absolute Gasteiger partial charge is 0.494 e. The van der Waals surface area contributed by atoms with Crippen LogP contribution in [0.25, 0.3) is 0 Å². The Morgan fingerprint density at radius 3 is 2.40 bits per heavy atom. The number of amides is 1. The summed E-state index contributed by atoms with van der Waals surface area (Å²) >= 11 is 0. The molecular formula is C23H30FN3O3. The number of morpholine rings is 1. The zero-order valence-electron chi connectivity index (χ0n) is 17.9. The molecule has 3 unspecified atom stereocenters. The highest BCUT2D eigenvalue weighted by Gasteiger charge is 2.24. The van der Waals surface area contributed by atoms with Crippen molar-refractivity contribution in [2.45, 2.75) is 45.9 Å². The van der Waals surface area contributed by atoms with Crippen molar-refractivity contribution in [3.63, 3.8) is 0 Å². The average molecular weight is 416 g/mol. The van der Waals surface area contributed by atoms with Crippen LogP contribution in [0.5, 0.6) is 5.75 Å². The van der Waals surface area contributed by atoms with Gasteiger partial charge in [0.15, 0.2) is 0 Å². The van der Waals surface area contributed by atoms with Crippen LogP contribution in [0, 0.1) is 5.82 Å². The van der Waals surface area contributed by atoms with Gasteiger partial charge in [0, 0.05) is 24.5 Å². The summed E-state index contributed by atoms with van der Waals surface area (Å²) in [5, 5.41) is 5.91. The second-order valence-electron chi connectivity index (χ2n) is 7.64. The first-order valence-electron chi connectivity index (χ1n) is 10.4. The first kappa shape index (κ1) is 21.9. The summed E-state index contributed by atoms with van der Waals surface area (Å²) in [7, 11) is 0. The molecule has 6 nitrogen and oxygen atoms in total. The van der Waals surface area contributed by atoms with Crippen molar-refractivity contribution in [3.05, 3.63) is 48.3 Å². The zero-order valence-corrected chi connectivity index (χ0v) is 17.9. The van der Waals surface area contributed by atoms with Gasteiger partial charge >= 0.3 is 0 Å². The molecule has 7 heteroatoms. The van der Waals surface area contributed by atoms with E-state index in [1.54, 1.807) is 43.3 Å². The number of hydrogen-bond donors (Lipinski definition) is 2. The van der Waals surface area contributed by atoms with Crippen molar-refractivity contribution in [2.24, 2.45) is 0 Å². The molecule has 0 bridgehead atoms. The number of halogens is 1. The molecule has 2 N–H and O–H groups in total. The van der Waals surface area contributed by atoms with Gasteiger partial charge in [0.05, 0.1) is 24.5 Å². The van der Waals surface area contributed by atoms with Gasteiger partial charge in [-0.3, -0.25) is 4.79 Å². The standard InChI is InChI=1S/C23H30FN3O3/c1-5-29-20-9-6-18(7-10-20)26-23(28)17(4)25-19-8-11-22(21(24)12-19)27-13-15(2)30-16(3)14-27/h6-12,15-17,25H,5,13-14H2,1-4H3,(H,26,28). The molecule has 0 spiro atoms. The lowest BCUT2D eigenvalue weighted by Crippen LogP contribution is -2.45. The highest BCUT2D eigenvalue weighted by molar-refractivity contribution is 5.96. The monoisotopic (exact) mass is 415 g/mol. The molecule has 1 aliphatic rings. The Bertz CT molecular complexity index is 849. The molecule has 3 rings (SSSR count). The predicted molar refractivity (Wildman–Crippen MR) is 118 cm³/mol. The smallest absolute Gasteiger partial charge is 0.246 e.